The number of carbonyl (C=O) groups excluding carboxylic acids is 1. The van der Waals surface area contributed by atoms with E-state index in [-0.39, 0.29) is 5.41 Å². The summed E-state index contributed by atoms with van der Waals surface area (Å²) in [5.74, 6) is 0.527. The first kappa shape index (κ1) is 8.24. The zero-order valence-electron chi connectivity index (χ0n) is 7.97. The van der Waals surface area contributed by atoms with E-state index in [1.807, 2.05) is 0 Å². The second-order valence-corrected chi connectivity index (χ2v) is 4.56. The fraction of sp³-hybridized carbons (Fsp3) is 0.900. The topological polar surface area (TPSA) is 20.3 Å². The number of ketones is 1. The molecule has 1 spiro atoms. The van der Waals surface area contributed by atoms with Gasteiger partial charge in [0.05, 0.1) is 5.41 Å². The molecule has 0 unspecified atom stereocenters. The molecular formula is C10H17NO. The number of carbonyl (C=O) groups is 1. The van der Waals surface area contributed by atoms with Crippen molar-refractivity contribution in [2.45, 2.75) is 39.2 Å². The maximum atomic E-state index is 11.5. The largest absolute Gasteiger partial charge is 0.299 e. The first-order valence-corrected chi connectivity index (χ1v) is 4.91. The summed E-state index contributed by atoms with van der Waals surface area (Å²) in [6, 6.07) is 0.615. The molecule has 0 aromatic carbocycles. The van der Waals surface area contributed by atoms with Gasteiger partial charge in [-0.1, -0.05) is 0 Å². The number of hydrogen-bond acceptors (Lipinski definition) is 2. The summed E-state index contributed by atoms with van der Waals surface area (Å²) in [7, 11) is 0. The third-order valence-electron chi connectivity index (χ3n) is 3.39. The van der Waals surface area contributed by atoms with Gasteiger partial charge in [-0.3, -0.25) is 9.69 Å². The second kappa shape index (κ2) is 2.56. The predicted molar refractivity (Wildman–Crippen MR) is 48.0 cm³/mol. The van der Waals surface area contributed by atoms with Crippen LogP contribution in [-0.4, -0.2) is 29.8 Å². The number of likely N-dealkylation sites (tertiary alicyclic amines) is 1. The van der Waals surface area contributed by atoms with Crippen LogP contribution in [0.25, 0.3) is 0 Å². The molecule has 2 aliphatic rings. The minimum Gasteiger partial charge on any atom is -0.299 e. The van der Waals surface area contributed by atoms with Crippen molar-refractivity contribution in [2.24, 2.45) is 5.41 Å². The lowest BCUT2D eigenvalue weighted by molar-refractivity contribution is -0.136. The van der Waals surface area contributed by atoms with E-state index < -0.39 is 0 Å². The third-order valence-corrected chi connectivity index (χ3v) is 3.39. The molecule has 1 heterocycles. The maximum absolute atomic E-state index is 11.5. The fourth-order valence-electron chi connectivity index (χ4n) is 2.42. The number of Topliss-reactive ketones (excluding diaryl/α,β-unsaturated/α-hetero) is 1. The van der Waals surface area contributed by atoms with Crippen molar-refractivity contribution in [3.8, 4) is 0 Å². The van der Waals surface area contributed by atoms with Crippen molar-refractivity contribution in [1.82, 2.24) is 4.90 Å². The van der Waals surface area contributed by atoms with Crippen LogP contribution in [-0.2, 0) is 4.79 Å². The van der Waals surface area contributed by atoms with Crippen LogP contribution in [0.2, 0.25) is 0 Å². The standard InChI is InChI=1S/C10H17NO/c1-8(2)11-6-10(7-11)5-3-4-9(10)12/h8H,3-7H2,1-2H3. The molecule has 0 atom stereocenters. The molecule has 12 heavy (non-hydrogen) atoms. The van der Waals surface area contributed by atoms with Crippen LogP contribution in [0.15, 0.2) is 0 Å². The van der Waals surface area contributed by atoms with Gasteiger partial charge < -0.3 is 0 Å². The Morgan fingerprint density at radius 1 is 1.42 bits per heavy atom. The van der Waals surface area contributed by atoms with Gasteiger partial charge in [0, 0.05) is 25.6 Å². The Bertz CT molecular complexity index is 204. The predicted octanol–water partition coefficient (Wildman–Crippen LogP) is 1.45. The third kappa shape index (κ3) is 1.01. The van der Waals surface area contributed by atoms with Crippen molar-refractivity contribution in [2.75, 3.05) is 13.1 Å². The average Bonchev–Trinajstić information content (AvgIpc) is 2.26. The van der Waals surface area contributed by atoms with Gasteiger partial charge >= 0.3 is 0 Å². The van der Waals surface area contributed by atoms with Crippen molar-refractivity contribution in [1.29, 1.82) is 0 Å². The van der Waals surface area contributed by atoms with E-state index in [1.165, 1.54) is 0 Å². The van der Waals surface area contributed by atoms with Crippen LogP contribution in [0.5, 0.6) is 0 Å². The van der Waals surface area contributed by atoms with Crippen molar-refractivity contribution in [3.63, 3.8) is 0 Å². The molecule has 2 heteroatoms. The van der Waals surface area contributed by atoms with Crippen molar-refractivity contribution < 1.29 is 4.79 Å². The zero-order valence-corrected chi connectivity index (χ0v) is 7.97. The Hall–Kier alpha value is -0.370. The molecule has 0 aromatic heterocycles. The lowest BCUT2D eigenvalue weighted by Crippen LogP contribution is -2.60. The van der Waals surface area contributed by atoms with Gasteiger partial charge in [0.1, 0.15) is 5.78 Å². The van der Waals surface area contributed by atoms with E-state index >= 15 is 0 Å². The molecule has 0 aromatic rings. The molecular weight excluding hydrogens is 150 g/mol. The van der Waals surface area contributed by atoms with Gasteiger partial charge in [-0.2, -0.15) is 0 Å². The maximum Gasteiger partial charge on any atom is 0.141 e. The van der Waals surface area contributed by atoms with E-state index in [1.54, 1.807) is 0 Å². The summed E-state index contributed by atoms with van der Waals surface area (Å²) in [4.78, 5) is 13.9. The second-order valence-electron chi connectivity index (χ2n) is 4.56. The highest BCUT2D eigenvalue weighted by Crippen LogP contribution is 2.43. The summed E-state index contributed by atoms with van der Waals surface area (Å²) in [5, 5.41) is 0. The van der Waals surface area contributed by atoms with Crippen LogP contribution in [0, 0.1) is 5.41 Å². The van der Waals surface area contributed by atoms with E-state index in [9.17, 15) is 4.79 Å². The molecule has 1 saturated carbocycles. The van der Waals surface area contributed by atoms with Gasteiger partial charge in [0.2, 0.25) is 0 Å². The Morgan fingerprint density at radius 3 is 2.50 bits per heavy atom. The molecule has 2 fully saturated rings. The molecule has 1 saturated heterocycles. The first-order chi connectivity index (χ1) is 5.64. The van der Waals surface area contributed by atoms with E-state index in [4.69, 9.17) is 0 Å². The quantitative estimate of drug-likeness (QED) is 0.589. The lowest BCUT2D eigenvalue weighted by atomic mass is 9.77. The van der Waals surface area contributed by atoms with Crippen LogP contribution in [0.3, 0.4) is 0 Å². The molecule has 2 nitrogen and oxygen atoms in total. The van der Waals surface area contributed by atoms with Gasteiger partial charge in [-0.05, 0) is 26.7 Å². The molecule has 1 aliphatic carbocycles. The highest BCUT2D eigenvalue weighted by Gasteiger charge is 2.51. The Morgan fingerprint density at radius 2 is 2.08 bits per heavy atom. The Labute approximate surface area is 73.9 Å². The zero-order chi connectivity index (χ0) is 8.77. The van der Waals surface area contributed by atoms with Gasteiger partial charge in [0.15, 0.2) is 0 Å². The first-order valence-electron chi connectivity index (χ1n) is 4.91. The molecule has 0 amide bonds. The van der Waals surface area contributed by atoms with Gasteiger partial charge in [-0.25, -0.2) is 0 Å². The van der Waals surface area contributed by atoms with Crippen LogP contribution in [0.1, 0.15) is 33.1 Å². The van der Waals surface area contributed by atoms with Crippen molar-refractivity contribution in [3.05, 3.63) is 0 Å². The van der Waals surface area contributed by atoms with Gasteiger partial charge in [-0.15, -0.1) is 0 Å². The average molecular weight is 167 g/mol. The minimum absolute atomic E-state index is 0.115. The molecule has 0 N–H and O–H groups in total. The molecule has 2 rings (SSSR count). The number of hydrogen-bond donors (Lipinski definition) is 0. The van der Waals surface area contributed by atoms with E-state index in [0.29, 0.717) is 11.8 Å². The van der Waals surface area contributed by atoms with Crippen LogP contribution >= 0.6 is 0 Å². The van der Waals surface area contributed by atoms with Crippen LogP contribution in [0.4, 0.5) is 0 Å². The molecule has 68 valence electrons. The SMILES string of the molecule is CC(C)N1CC2(CCCC2=O)C1. The number of nitrogens with zero attached hydrogens (tertiary/aromatic N) is 1. The highest BCUT2D eigenvalue weighted by atomic mass is 16.1. The normalized spacial score (nSPS) is 28.4. The fourth-order valence-corrected chi connectivity index (χ4v) is 2.42. The number of rotatable bonds is 1. The lowest BCUT2D eigenvalue weighted by Gasteiger charge is -2.49. The molecule has 0 radical (unpaired) electrons. The highest BCUT2D eigenvalue weighted by molar-refractivity contribution is 5.88. The Kier molecular flexibility index (Phi) is 1.76. The Balaban J connectivity index is 1.98. The summed E-state index contributed by atoms with van der Waals surface area (Å²) >= 11 is 0. The molecule has 0 bridgehead atoms. The van der Waals surface area contributed by atoms with E-state index in [2.05, 4.69) is 18.7 Å². The smallest absolute Gasteiger partial charge is 0.141 e. The minimum atomic E-state index is 0.115. The summed E-state index contributed by atoms with van der Waals surface area (Å²) < 4.78 is 0. The van der Waals surface area contributed by atoms with Crippen LogP contribution < -0.4 is 0 Å². The van der Waals surface area contributed by atoms with Crippen molar-refractivity contribution >= 4 is 5.78 Å². The van der Waals surface area contributed by atoms with Gasteiger partial charge in [0.25, 0.3) is 0 Å². The summed E-state index contributed by atoms with van der Waals surface area (Å²) in [6.07, 6.45) is 3.12. The monoisotopic (exact) mass is 167 g/mol. The summed E-state index contributed by atoms with van der Waals surface area (Å²) in [6.45, 7) is 6.46. The summed E-state index contributed by atoms with van der Waals surface area (Å²) in [5.41, 5.74) is 0.115. The molecule has 1 aliphatic heterocycles. The van der Waals surface area contributed by atoms with E-state index in [0.717, 1.165) is 32.4 Å².